The van der Waals surface area contributed by atoms with Crippen LogP contribution in [0.25, 0.3) is 22.3 Å². The van der Waals surface area contributed by atoms with E-state index in [-0.39, 0.29) is 10.8 Å². The first-order chi connectivity index (χ1) is 12.8. The zero-order valence-corrected chi connectivity index (χ0v) is 16.1. The number of carbonyl (C=O) groups excluding carboxylic acids is 1. The third-order valence-electron chi connectivity index (χ3n) is 4.12. The number of rotatable bonds is 6. The molecule has 27 heavy (non-hydrogen) atoms. The van der Waals surface area contributed by atoms with E-state index in [0.717, 1.165) is 6.26 Å². The Balaban J connectivity index is 2.05. The molecule has 3 rings (SSSR count). The average Bonchev–Trinajstić information content (AvgIpc) is 3.01. The van der Waals surface area contributed by atoms with Crippen molar-refractivity contribution in [1.29, 1.82) is 0 Å². The summed E-state index contributed by atoms with van der Waals surface area (Å²) in [7, 11) is 0.0350. The summed E-state index contributed by atoms with van der Waals surface area (Å²) in [6.45, 7) is 0.796. The van der Waals surface area contributed by atoms with Crippen molar-refractivity contribution in [2.24, 2.45) is 7.05 Å². The van der Waals surface area contributed by atoms with Gasteiger partial charge in [0.05, 0.1) is 39.7 Å². The largest absolute Gasteiger partial charge is 0.610 e. The van der Waals surface area contributed by atoms with Crippen molar-refractivity contribution in [3.63, 3.8) is 0 Å². The fourth-order valence-corrected chi connectivity index (χ4v) is 3.32. The predicted octanol–water partition coefficient (Wildman–Crippen LogP) is 1.63. The molecule has 8 nitrogen and oxygen atoms in total. The molecule has 0 aliphatic heterocycles. The van der Waals surface area contributed by atoms with Gasteiger partial charge in [-0.3, -0.25) is 9.48 Å². The maximum atomic E-state index is 12.6. The summed E-state index contributed by atoms with van der Waals surface area (Å²) >= 11 is 0. The van der Waals surface area contributed by atoms with E-state index < -0.39 is 10.2 Å². The number of fused-ring (bicyclic) bond motifs is 1. The number of carbonyl (C=O) groups is 1. The molecule has 0 saturated heterocycles. The molecule has 1 atom stereocenters. The second kappa shape index (κ2) is 7.55. The van der Waals surface area contributed by atoms with Crippen molar-refractivity contribution in [3.8, 4) is 11.3 Å². The van der Waals surface area contributed by atoms with Crippen LogP contribution in [0.2, 0.25) is 0 Å². The van der Waals surface area contributed by atoms with Gasteiger partial charge in [-0.25, -0.2) is 4.98 Å². The average molecular weight is 388 g/mol. The zero-order valence-electron chi connectivity index (χ0n) is 15.3. The number of ether oxygens (including phenoxy) is 1. The first-order valence-corrected chi connectivity index (χ1v) is 10.1. The monoisotopic (exact) mass is 388 g/mol. The molecule has 3 aromatic rings. The van der Waals surface area contributed by atoms with Crippen LogP contribution in [0.15, 0.2) is 41.4 Å². The minimum Gasteiger partial charge on any atom is -0.610 e. The van der Waals surface area contributed by atoms with Crippen molar-refractivity contribution in [1.82, 2.24) is 20.1 Å². The molecular formula is C18H20N4O4S. The first kappa shape index (κ1) is 19.2. The Morgan fingerprint density at radius 2 is 2.04 bits per heavy atom. The lowest BCUT2D eigenvalue weighted by molar-refractivity contribution is 0.0938. The molecular weight excluding hydrogens is 368 g/mol. The Morgan fingerprint density at radius 1 is 1.33 bits per heavy atom. The summed E-state index contributed by atoms with van der Waals surface area (Å²) in [5.74, 6) is -0.249. The van der Waals surface area contributed by atoms with E-state index in [1.807, 2.05) is 0 Å². The molecule has 2 aromatic heterocycles. The minimum absolute atomic E-state index is 0.227. The van der Waals surface area contributed by atoms with E-state index in [0.29, 0.717) is 41.0 Å². The second-order valence-electron chi connectivity index (χ2n) is 6.11. The number of amides is 1. The molecule has 9 heteroatoms. The van der Waals surface area contributed by atoms with Crippen LogP contribution in [0, 0.1) is 0 Å². The molecule has 0 bridgehead atoms. The lowest BCUT2D eigenvalue weighted by Crippen LogP contribution is -2.27. The molecule has 0 aliphatic carbocycles. The van der Waals surface area contributed by atoms with Crippen LogP contribution in [0.3, 0.4) is 0 Å². The molecule has 1 amide bonds. The van der Waals surface area contributed by atoms with Crippen molar-refractivity contribution in [2.45, 2.75) is 4.90 Å². The number of nitrogens with one attached hydrogen (secondary N) is 1. The Kier molecular flexibility index (Phi) is 5.36. The second-order valence-corrected chi connectivity index (χ2v) is 8.12. The maximum absolute atomic E-state index is 12.6. The van der Waals surface area contributed by atoms with Gasteiger partial charge < -0.3 is 14.6 Å². The Morgan fingerprint density at radius 3 is 2.67 bits per heavy atom. The zero-order chi connectivity index (χ0) is 19.6. The topological polar surface area (TPSA) is 109 Å². The van der Waals surface area contributed by atoms with Crippen LogP contribution < -0.4 is 5.32 Å². The van der Waals surface area contributed by atoms with E-state index in [2.05, 4.69) is 15.4 Å². The molecule has 1 aromatic carbocycles. The molecule has 1 unspecified atom stereocenters. The van der Waals surface area contributed by atoms with Gasteiger partial charge in [-0.15, -0.1) is 4.21 Å². The lowest BCUT2D eigenvalue weighted by Gasteiger charge is -2.10. The van der Waals surface area contributed by atoms with E-state index >= 15 is 0 Å². The lowest BCUT2D eigenvalue weighted by atomic mass is 10.1. The quantitative estimate of drug-likeness (QED) is 0.508. The summed E-state index contributed by atoms with van der Waals surface area (Å²) in [6.07, 6.45) is 2.76. The molecule has 0 radical (unpaired) electrons. The van der Waals surface area contributed by atoms with Crippen LogP contribution in [-0.4, -0.2) is 51.7 Å². The third kappa shape index (κ3) is 4.05. The van der Waals surface area contributed by atoms with Gasteiger partial charge >= 0.3 is 0 Å². The number of pyridine rings is 1. The molecule has 142 valence electrons. The molecule has 0 spiro atoms. The van der Waals surface area contributed by atoms with E-state index in [1.165, 1.54) is 12.1 Å². The van der Waals surface area contributed by atoms with E-state index in [4.69, 9.17) is 4.74 Å². The first-order valence-electron chi connectivity index (χ1n) is 8.21. The number of hydrogen-bond acceptors (Lipinski definition) is 6. The summed E-state index contributed by atoms with van der Waals surface area (Å²) < 4.78 is 29.8. The van der Waals surface area contributed by atoms with Crippen LogP contribution in [0.1, 0.15) is 10.4 Å². The van der Waals surface area contributed by atoms with E-state index in [1.54, 1.807) is 43.2 Å². The highest BCUT2D eigenvalue weighted by atomic mass is 32.3. The third-order valence-corrected chi connectivity index (χ3v) is 5.25. The van der Waals surface area contributed by atoms with Gasteiger partial charge in [-0.05, 0) is 30.3 Å². The Labute approximate surface area is 157 Å². The normalized spacial score (nSPS) is 13.5. The molecule has 0 aliphatic rings. The maximum Gasteiger partial charge on any atom is 0.252 e. The van der Waals surface area contributed by atoms with Gasteiger partial charge in [0.1, 0.15) is 6.26 Å². The summed E-state index contributed by atoms with van der Waals surface area (Å²) in [4.78, 5) is 17.4. The standard InChI is InChI=1S/C18H20N4O4S/c1-22-17-15(11-20-22)14(18(23)19-8-9-26-2)10-16(21-17)12-4-6-13(7-5-12)27(3,24)25/h4-7,10-11H,8-9H2,1-3H3,(H-,19,23,24,25). The van der Waals surface area contributed by atoms with Crippen LogP contribution in [0.5, 0.6) is 0 Å². The summed E-state index contributed by atoms with van der Waals surface area (Å²) in [6, 6.07) is 8.08. The highest BCUT2D eigenvalue weighted by Crippen LogP contribution is 2.26. The highest BCUT2D eigenvalue weighted by Gasteiger charge is 2.17. The predicted molar refractivity (Wildman–Crippen MR) is 101 cm³/mol. The molecule has 1 N–H and O–H groups in total. The fourth-order valence-electron chi connectivity index (χ4n) is 2.68. The fraction of sp³-hybridized carbons (Fsp3) is 0.278. The van der Waals surface area contributed by atoms with Crippen LogP contribution in [0.4, 0.5) is 0 Å². The number of nitrogens with zero attached hydrogens (tertiary/aromatic N) is 3. The molecule has 0 fully saturated rings. The van der Waals surface area contributed by atoms with Crippen molar-refractivity contribution in [2.75, 3.05) is 26.5 Å². The number of aryl methyl sites for hydroxylation is 1. The van der Waals surface area contributed by atoms with E-state index in [9.17, 15) is 13.6 Å². The van der Waals surface area contributed by atoms with Gasteiger partial charge in [0.2, 0.25) is 0 Å². The van der Waals surface area contributed by atoms with Gasteiger partial charge in [0.25, 0.3) is 5.91 Å². The van der Waals surface area contributed by atoms with Crippen molar-refractivity contribution < 1.29 is 18.3 Å². The highest BCUT2D eigenvalue weighted by molar-refractivity contribution is 7.97. The van der Waals surface area contributed by atoms with Crippen molar-refractivity contribution >= 4 is 27.2 Å². The minimum atomic E-state index is -3.28. The van der Waals surface area contributed by atoms with Gasteiger partial charge in [0.15, 0.2) is 10.5 Å². The number of hydrogen-bond donors (Lipinski definition) is 1. The summed E-state index contributed by atoms with van der Waals surface area (Å²) in [5, 5.41) is 7.63. The molecule has 0 saturated carbocycles. The summed E-state index contributed by atoms with van der Waals surface area (Å²) in [5.41, 5.74) is 2.28. The van der Waals surface area contributed by atoms with Crippen LogP contribution in [-0.2, 0) is 26.2 Å². The number of methoxy groups -OCH3 is 1. The van der Waals surface area contributed by atoms with Crippen LogP contribution >= 0.6 is 0 Å². The molecule has 2 heterocycles. The Bertz CT molecular complexity index is 1020. The van der Waals surface area contributed by atoms with Gasteiger partial charge in [-0.2, -0.15) is 5.10 Å². The number of benzene rings is 1. The number of sulfone groups is 1. The smallest absolute Gasteiger partial charge is 0.252 e. The number of aromatic nitrogens is 3. The van der Waals surface area contributed by atoms with Gasteiger partial charge in [0, 0.05) is 26.3 Å². The van der Waals surface area contributed by atoms with Gasteiger partial charge in [-0.1, -0.05) is 0 Å². The Hall–Kier alpha value is -2.62. The SMILES string of the molecule is COCCNC(=O)c1cc(-c2ccc([S+](C)(=O)[O-])cc2)nc2c1cnn2C. The van der Waals surface area contributed by atoms with Crippen molar-refractivity contribution in [3.05, 3.63) is 42.1 Å².